The quantitative estimate of drug-likeness (QED) is 0.769. The van der Waals surface area contributed by atoms with Crippen LogP contribution < -0.4 is 0 Å². The normalized spacial score (nSPS) is 11.5. The Morgan fingerprint density at radius 1 is 1.56 bits per heavy atom. The van der Waals surface area contributed by atoms with Gasteiger partial charge in [-0.05, 0) is 12.5 Å². The maximum Gasteiger partial charge on any atom is 0.281 e. The molecule has 1 rings (SSSR count). The summed E-state index contributed by atoms with van der Waals surface area (Å²) in [6.07, 6.45) is -2.22. The van der Waals surface area contributed by atoms with Crippen LogP contribution in [0.3, 0.4) is 0 Å². The zero-order chi connectivity index (χ0) is 12.5. The molecule has 0 aliphatic carbocycles. The Labute approximate surface area is 94.9 Å². The van der Waals surface area contributed by atoms with Crippen LogP contribution in [0.5, 0.6) is 0 Å². The molecule has 0 bridgehead atoms. The van der Waals surface area contributed by atoms with Gasteiger partial charge in [-0.3, -0.25) is 4.98 Å². The molecule has 8 heteroatoms. The molecule has 1 aromatic heterocycles. The van der Waals surface area contributed by atoms with Crippen molar-refractivity contribution in [2.24, 2.45) is 0 Å². The number of pyridine rings is 1. The summed E-state index contributed by atoms with van der Waals surface area (Å²) in [5, 5.41) is 8.68. The third kappa shape index (κ3) is 2.28. The molecule has 4 nitrogen and oxygen atoms in total. The molecule has 0 radical (unpaired) electrons. The highest BCUT2D eigenvalue weighted by Crippen LogP contribution is 2.27. The van der Waals surface area contributed by atoms with Crippen molar-refractivity contribution in [1.29, 1.82) is 5.26 Å². The largest absolute Gasteiger partial charge is 0.281 e. The number of aromatic nitrogens is 1. The minimum Gasteiger partial charge on any atom is -0.252 e. The molecule has 0 saturated carbocycles. The SMILES string of the molecule is Cc1c(S(=O)(=O)Cl)cnc(C(F)F)c1C#N. The average molecular weight is 267 g/mol. The first-order chi connectivity index (χ1) is 7.29. The highest BCUT2D eigenvalue weighted by Gasteiger charge is 2.23. The second kappa shape index (κ2) is 4.31. The zero-order valence-electron chi connectivity index (χ0n) is 7.91. The first-order valence-corrected chi connectivity index (χ1v) is 6.22. The highest BCUT2D eigenvalue weighted by molar-refractivity contribution is 8.13. The summed E-state index contributed by atoms with van der Waals surface area (Å²) in [4.78, 5) is 2.81. The molecule has 0 N–H and O–H groups in total. The molecule has 16 heavy (non-hydrogen) atoms. The van der Waals surface area contributed by atoms with Gasteiger partial charge in [-0.2, -0.15) is 5.26 Å². The summed E-state index contributed by atoms with van der Waals surface area (Å²) in [6.45, 7) is 1.22. The third-order valence-corrected chi connectivity index (χ3v) is 3.34. The van der Waals surface area contributed by atoms with Gasteiger partial charge in [0, 0.05) is 16.9 Å². The zero-order valence-corrected chi connectivity index (χ0v) is 9.48. The number of hydrogen-bond acceptors (Lipinski definition) is 4. The summed E-state index contributed by atoms with van der Waals surface area (Å²) in [5.74, 6) is 0. The van der Waals surface area contributed by atoms with E-state index in [1.807, 2.05) is 0 Å². The summed E-state index contributed by atoms with van der Waals surface area (Å²) in [5.41, 5.74) is -1.33. The smallest absolute Gasteiger partial charge is 0.252 e. The van der Waals surface area contributed by atoms with Crippen molar-refractivity contribution >= 4 is 19.7 Å². The molecule has 0 fully saturated rings. The van der Waals surface area contributed by atoms with E-state index in [1.54, 1.807) is 0 Å². The second-order valence-electron chi connectivity index (χ2n) is 2.86. The molecular weight excluding hydrogens is 262 g/mol. The van der Waals surface area contributed by atoms with E-state index in [4.69, 9.17) is 15.9 Å². The molecule has 0 aliphatic rings. The molecule has 1 aromatic rings. The molecule has 0 aliphatic heterocycles. The van der Waals surface area contributed by atoms with E-state index in [0.717, 1.165) is 6.20 Å². The summed E-state index contributed by atoms with van der Waals surface area (Å²) in [7, 11) is 0.965. The Bertz CT molecular complexity index is 566. The molecule has 0 atom stereocenters. The van der Waals surface area contributed by atoms with Crippen molar-refractivity contribution in [3.05, 3.63) is 23.0 Å². The Morgan fingerprint density at radius 3 is 2.50 bits per heavy atom. The van der Waals surface area contributed by atoms with Crippen LogP contribution in [0.4, 0.5) is 8.78 Å². The lowest BCUT2D eigenvalue weighted by atomic mass is 10.1. The predicted octanol–water partition coefficient (Wildman–Crippen LogP) is 2.13. The lowest BCUT2D eigenvalue weighted by Crippen LogP contribution is -2.04. The number of hydrogen-bond donors (Lipinski definition) is 0. The Morgan fingerprint density at radius 2 is 2.12 bits per heavy atom. The average Bonchev–Trinajstić information content (AvgIpc) is 2.14. The van der Waals surface area contributed by atoms with Crippen molar-refractivity contribution in [3.63, 3.8) is 0 Å². The van der Waals surface area contributed by atoms with E-state index >= 15 is 0 Å². The minimum absolute atomic E-state index is 0.122. The number of halogens is 3. The van der Waals surface area contributed by atoms with Crippen molar-refractivity contribution in [3.8, 4) is 6.07 Å². The van der Waals surface area contributed by atoms with E-state index < -0.39 is 31.6 Å². The Kier molecular flexibility index (Phi) is 3.45. The van der Waals surface area contributed by atoms with Gasteiger partial charge in [0.15, 0.2) is 0 Å². The Balaban J connectivity index is 3.61. The van der Waals surface area contributed by atoms with Gasteiger partial charge in [-0.15, -0.1) is 0 Å². The molecule has 1 heterocycles. The highest BCUT2D eigenvalue weighted by atomic mass is 35.7. The molecule has 0 saturated heterocycles. The van der Waals surface area contributed by atoms with Gasteiger partial charge in [0.2, 0.25) is 0 Å². The number of nitrogens with zero attached hydrogens (tertiary/aromatic N) is 2. The van der Waals surface area contributed by atoms with Crippen molar-refractivity contribution in [2.75, 3.05) is 0 Å². The molecule has 0 unspecified atom stereocenters. The van der Waals surface area contributed by atoms with Gasteiger partial charge < -0.3 is 0 Å². The predicted molar refractivity (Wildman–Crippen MR) is 51.7 cm³/mol. The van der Waals surface area contributed by atoms with Crippen LogP contribution >= 0.6 is 10.7 Å². The third-order valence-electron chi connectivity index (χ3n) is 1.90. The van der Waals surface area contributed by atoms with Crippen LogP contribution in [0.1, 0.15) is 23.2 Å². The lowest BCUT2D eigenvalue weighted by Gasteiger charge is -2.07. The van der Waals surface area contributed by atoms with E-state index in [-0.39, 0.29) is 5.56 Å². The maximum atomic E-state index is 12.4. The molecule has 86 valence electrons. The van der Waals surface area contributed by atoms with E-state index in [1.165, 1.54) is 13.0 Å². The topological polar surface area (TPSA) is 70.8 Å². The van der Waals surface area contributed by atoms with Crippen LogP contribution in [0.2, 0.25) is 0 Å². The fraction of sp³-hybridized carbons (Fsp3) is 0.250. The van der Waals surface area contributed by atoms with Gasteiger partial charge >= 0.3 is 0 Å². The maximum absolute atomic E-state index is 12.4. The standard InChI is InChI=1S/C8H5ClF2N2O2S/c1-4-5(2-12)7(8(10)11)13-3-6(4)16(9,14)15/h3,8H,1H3. The molecule has 0 amide bonds. The van der Waals surface area contributed by atoms with Gasteiger partial charge in [-0.25, -0.2) is 17.2 Å². The first-order valence-electron chi connectivity index (χ1n) is 3.91. The summed E-state index contributed by atoms with van der Waals surface area (Å²) >= 11 is 0. The summed E-state index contributed by atoms with van der Waals surface area (Å²) < 4.78 is 46.9. The molecule has 0 spiro atoms. The van der Waals surface area contributed by atoms with E-state index in [0.29, 0.717) is 0 Å². The van der Waals surface area contributed by atoms with Crippen molar-refractivity contribution in [1.82, 2.24) is 4.98 Å². The van der Waals surface area contributed by atoms with E-state index in [9.17, 15) is 17.2 Å². The summed E-state index contributed by atoms with van der Waals surface area (Å²) in [6, 6.07) is 1.49. The van der Waals surface area contributed by atoms with Crippen molar-refractivity contribution < 1.29 is 17.2 Å². The van der Waals surface area contributed by atoms with Gasteiger partial charge in [-0.1, -0.05) is 0 Å². The van der Waals surface area contributed by atoms with Crippen LogP contribution in [-0.4, -0.2) is 13.4 Å². The van der Waals surface area contributed by atoms with Crippen molar-refractivity contribution in [2.45, 2.75) is 18.2 Å². The number of alkyl halides is 2. The van der Waals surface area contributed by atoms with Crippen LogP contribution in [0, 0.1) is 18.3 Å². The molecular formula is C8H5ClF2N2O2S. The van der Waals surface area contributed by atoms with Crippen LogP contribution in [0.15, 0.2) is 11.1 Å². The Hall–Kier alpha value is -1.26. The van der Waals surface area contributed by atoms with Crippen LogP contribution in [-0.2, 0) is 9.05 Å². The lowest BCUT2D eigenvalue weighted by molar-refractivity contribution is 0.145. The van der Waals surface area contributed by atoms with Gasteiger partial charge in [0.25, 0.3) is 15.5 Å². The first kappa shape index (κ1) is 12.8. The second-order valence-corrected chi connectivity index (χ2v) is 5.39. The van der Waals surface area contributed by atoms with Crippen LogP contribution in [0.25, 0.3) is 0 Å². The van der Waals surface area contributed by atoms with E-state index in [2.05, 4.69) is 4.98 Å². The van der Waals surface area contributed by atoms with Gasteiger partial charge in [0.1, 0.15) is 16.7 Å². The monoisotopic (exact) mass is 266 g/mol. The van der Waals surface area contributed by atoms with Gasteiger partial charge in [0.05, 0.1) is 5.56 Å². The minimum atomic E-state index is -4.09. The fourth-order valence-electron chi connectivity index (χ4n) is 1.16. The number of rotatable bonds is 2. The molecule has 0 aromatic carbocycles. The number of nitriles is 1. The fourth-order valence-corrected chi connectivity index (χ4v) is 2.27.